The van der Waals surface area contributed by atoms with Crippen LogP contribution in [0.1, 0.15) is 39.7 Å². The van der Waals surface area contributed by atoms with Gasteiger partial charge in [-0.25, -0.2) is 9.48 Å². The van der Waals surface area contributed by atoms with Gasteiger partial charge in [-0.3, -0.25) is 0 Å². The molecule has 1 aliphatic heterocycles. The summed E-state index contributed by atoms with van der Waals surface area (Å²) >= 11 is 6.25. The molecule has 0 fully saturated rings. The second-order valence-corrected chi connectivity index (χ2v) is 10.2. The Morgan fingerprint density at radius 3 is 2.42 bits per heavy atom. The summed E-state index contributed by atoms with van der Waals surface area (Å²) in [5, 5.41) is 8.72. The number of amides is 2. The number of para-hydroxylation sites is 1. The van der Waals surface area contributed by atoms with Gasteiger partial charge in [-0.2, -0.15) is 5.10 Å². The Morgan fingerprint density at radius 2 is 1.68 bits per heavy atom. The average Bonchev–Trinajstić information content (AvgIpc) is 3.48. The van der Waals surface area contributed by atoms with Crippen molar-refractivity contribution >= 4 is 23.3 Å². The lowest BCUT2D eigenvalue weighted by Crippen LogP contribution is -2.38. The van der Waals surface area contributed by atoms with Crippen molar-refractivity contribution in [3.05, 3.63) is 130 Å². The van der Waals surface area contributed by atoms with Crippen molar-refractivity contribution in [3.8, 4) is 11.5 Å². The van der Waals surface area contributed by atoms with E-state index in [1.165, 1.54) is 5.56 Å². The van der Waals surface area contributed by atoms with Crippen molar-refractivity contribution in [1.82, 2.24) is 19.2 Å². The van der Waals surface area contributed by atoms with Crippen molar-refractivity contribution in [2.75, 3.05) is 5.32 Å². The third kappa shape index (κ3) is 4.17. The number of carbonyl (C=O) groups is 1. The number of nitrogens with one attached hydrogen (secondary N) is 1. The molecule has 7 heteroatoms. The predicted octanol–water partition coefficient (Wildman–Crippen LogP) is 7.38. The van der Waals surface area contributed by atoms with Crippen LogP contribution in [0.25, 0.3) is 11.5 Å². The maximum Gasteiger partial charge on any atom is 0.322 e. The average molecular weight is 522 g/mol. The minimum atomic E-state index is -0.343. The Balaban J connectivity index is 1.52. The van der Waals surface area contributed by atoms with Crippen LogP contribution in [0.15, 0.2) is 91.1 Å². The van der Waals surface area contributed by atoms with E-state index in [-0.39, 0.29) is 12.1 Å². The molecular formula is C31H28ClN5O. The van der Waals surface area contributed by atoms with Crippen molar-refractivity contribution < 1.29 is 4.79 Å². The number of fused-ring (bicyclic) bond motifs is 3. The SMILES string of the molecule is Cc1ccc(NC(=O)N2Cc3c(C)nn(-c4ccccc4)c3-n3cccc3C2c2ccc(Cl)cc2)cc1C. The number of carbonyl (C=O) groups excluding carboxylic acids is 1. The highest BCUT2D eigenvalue weighted by Crippen LogP contribution is 2.39. The fourth-order valence-electron chi connectivity index (χ4n) is 5.16. The first-order chi connectivity index (χ1) is 18.4. The molecule has 0 saturated heterocycles. The number of anilines is 1. The van der Waals surface area contributed by atoms with Crippen LogP contribution in [0.2, 0.25) is 5.02 Å². The Labute approximate surface area is 227 Å². The van der Waals surface area contributed by atoms with Crippen molar-refractivity contribution in [2.45, 2.75) is 33.4 Å². The number of rotatable bonds is 3. The van der Waals surface area contributed by atoms with E-state index >= 15 is 0 Å². The molecule has 3 aromatic carbocycles. The summed E-state index contributed by atoms with van der Waals surface area (Å²) in [6.07, 6.45) is 2.04. The smallest absolute Gasteiger partial charge is 0.308 e. The molecule has 5 aromatic rings. The van der Waals surface area contributed by atoms with E-state index in [1.54, 1.807) is 0 Å². The highest BCUT2D eigenvalue weighted by molar-refractivity contribution is 6.30. The number of hydrogen-bond donors (Lipinski definition) is 1. The van der Waals surface area contributed by atoms with Gasteiger partial charge in [-0.05, 0) is 86.0 Å². The van der Waals surface area contributed by atoms with E-state index in [9.17, 15) is 4.79 Å². The highest BCUT2D eigenvalue weighted by Gasteiger charge is 2.36. The molecule has 3 heterocycles. The zero-order valence-corrected chi connectivity index (χ0v) is 22.3. The molecule has 190 valence electrons. The first-order valence-corrected chi connectivity index (χ1v) is 13.0. The van der Waals surface area contributed by atoms with E-state index in [0.717, 1.165) is 45.3 Å². The van der Waals surface area contributed by atoms with Crippen LogP contribution in [0.4, 0.5) is 10.5 Å². The molecule has 38 heavy (non-hydrogen) atoms. The van der Waals surface area contributed by atoms with Crippen LogP contribution in [-0.4, -0.2) is 25.3 Å². The van der Waals surface area contributed by atoms with Crippen LogP contribution in [-0.2, 0) is 6.54 Å². The van der Waals surface area contributed by atoms with Crippen molar-refractivity contribution in [1.29, 1.82) is 0 Å². The zero-order chi connectivity index (χ0) is 26.4. The predicted molar refractivity (Wildman–Crippen MR) is 151 cm³/mol. The molecule has 1 atom stereocenters. The second kappa shape index (κ2) is 9.54. The summed E-state index contributed by atoms with van der Waals surface area (Å²) in [6.45, 7) is 6.51. The molecule has 0 radical (unpaired) electrons. The Bertz CT molecular complexity index is 1640. The molecule has 0 bridgehead atoms. The minimum absolute atomic E-state index is 0.180. The molecule has 1 aliphatic rings. The van der Waals surface area contributed by atoms with Gasteiger partial charge in [0.05, 0.1) is 29.7 Å². The zero-order valence-electron chi connectivity index (χ0n) is 21.5. The summed E-state index contributed by atoms with van der Waals surface area (Å²) in [7, 11) is 0. The highest BCUT2D eigenvalue weighted by atomic mass is 35.5. The van der Waals surface area contributed by atoms with E-state index in [4.69, 9.17) is 16.7 Å². The van der Waals surface area contributed by atoms with Gasteiger partial charge in [-0.1, -0.05) is 48.0 Å². The lowest BCUT2D eigenvalue weighted by Gasteiger charge is -2.31. The topological polar surface area (TPSA) is 55.1 Å². The Kier molecular flexibility index (Phi) is 6.04. The van der Waals surface area contributed by atoms with Gasteiger partial charge in [0.2, 0.25) is 0 Å². The standard InChI is InChI=1S/C31H28ClN5O/c1-20-11-16-25(18-21(20)2)33-31(38)36-19-27-22(3)34-37(26-8-5-4-6-9-26)30(27)35-17-7-10-28(35)29(36)23-12-14-24(32)15-13-23/h4-18,29H,19H2,1-3H3,(H,33,38). The molecule has 2 aromatic heterocycles. The summed E-state index contributed by atoms with van der Waals surface area (Å²) in [6, 6.07) is 27.4. The van der Waals surface area contributed by atoms with Crippen LogP contribution in [0.5, 0.6) is 0 Å². The van der Waals surface area contributed by atoms with Gasteiger partial charge in [0.15, 0.2) is 0 Å². The third-order valence-corrected chi connectivity index (χ3v) is 7.54. The summed E-state index contributed by atoms with van der Waals surface area (Å²) in [5.41, 5.74) is 7.87. The van der Waals surface area contributed by atoms with E-state index in [1.807, 2.05) is 108 Å². The number of urea groups is 1. The molecule has 0 aliphatic carbocycles. The molecule has 1 N–H and O–H groups in total. The molecular weight excluding hydrogens is 494 g/mol. The molecule has 6 nitrogen and oxygen atoms in total. The van der Waals surface area contributed by atoms with Crippen LogP contribution < -0.4 is 5.32 Å². The maximum atomic E-state index is 14.0. The molecule has 0 spiro atoms. The van der Waals surface area contributed by atoms with Gasteiger partial charge < -0.3 is 14.8 Å². The van der Waals surface area contributed by atoms with E-state index in [0.29, 0.717) is 11.6 Å². The van der Waals surface area contributed by atoms with Crippen LogP contribution in [0.3, 0.4) is 0 Å². The van der Waals surface area contributed by atoms with E-state index in [2.05, 4.69) is 22.9 Å². The van der Waals surface area contributed by atoms with Gasteiger partial charge in [0.25, 0.3) is 0 Å². The number of nitrogens with zero attached hydrogens (tertiary/aromatic N) is 4. The number of benzene rings is 3. The third-order valence-electron chi connectivity index (χ3n) is 7.29. The van der Waals surface area contributed by atoms with Crippen molar-refractivity contribution in [3.63, 3.8) is 0 Å². The first kappa shape index (κ1) is 24.1. The monoisotopic (exact) mass is 521 g/mol. The van der Waals surface area contributed by atoms with Gasteiger partial charge >= 0.3 is 6.03 Å². The summed E-state index contributed by atoms with van der Waals surface area (Å²) in [5.74, 6) is 0.939. The van der Waals surface area contributed by atoms with Gasteiger partial charge in [0.1, 0.15) is 5.82 Å². The summed E-state index contributed by atoms with van der Waals surface area (Å²) < 4.78 is 4.13. The molecule has 0 saturated carbocycles. The largest absolute Gasteiger partial charge is 0.322 e. The summed E-state index contributed by atoms with van der Waals surface area (Å²) in [4.78, 5) is 15.9. The lowest BCUT2D eigenvalue weighted by molar-refractivity contribution is 0.194. The van der Waals surface area contributed by atoms with Gasteiger partial charge in [-0.15, -0.1) is 0 Å². The quantitative estimate of drug-likeness (QED) is 0.269. The number of aryl methyl sites for hydroxylation is 3. The lowest BCUT2D eigenvalue weighted by atomic mass is 10.0. The minimum Gasteiger partial charge on any atom is -0.308 e. The Morgan fingerprint density at radius 1 is 0.921 bits per heavy atom. The Hall–Kier alpha value is -4.29. The fourth-order valence-corrected chi connectivity index (χ4v) is 5.29. The van der Waals surface area contributed by atoms with Crippen LogP contribution >= 0.6 is 11.6 Å². The molecule has 1 unspecified atom stereocenters. The number of aromatic nitrogens is 3. The first-order valence-electron chi connectivity index (χ1n) is 12.6. The molecule has 2 amide bonds. The number of hydrogen-bond acceptors (Lipinski definition) is 2. The normalized spacial score (nSPS) is 14.5. The number of halogens is 1. The molecule has 6 rings (SSSR count). The van der Waals surface area contributed by atoms with E-state index < -0.39 is 0 Å². The van der Waals surface area contributed by atoms with Crippen LogP contribution in [0, 0.1) is 20.8 Å². The van der Waals surface area contributed by atoms with Crippen molar-refractivity contribution in [2.24, 2.45) is 0 Å². The maximum absolute atomic E-state index is 14.0. The second-order valence-electron chi connectivity index (χ2n) is 9.75. The fraction of sp³-hybridized carbons (Fsp3) is 0.161. The van der Waals surface area contributed by atoms with Gasteiger partial charge in [0, 0.05) is 22.5 Å².